The van der Waals surface area contributed by atoms with E-state index in [4.69, 9.17) is 14.5 Å². The van der Waals surface area contributed by atoms with Gasteiger partial charge >= 0.3 is 0 Å². The fourth-order valence-electron chi connectivity index (χ4n) is 3.71. The Balaban J connectivity index is 1.65. The van der Waals surface area contributed by atoms with Crippen LogP contribution in [0.2, 0.25) is 0 Å². The number of rotatable bonds is 7. The summed E-state index contributed by atoms with van der Waals surface area (Å²) in [6.45, 7) is 4.61. The lowest BCUT2D eigenvalue weighted by atomic mass is 10.0. The standard InChI is InChI=1S/C22H26N4O2/c1-16-23-12-19(13-24-16)22-21(18-6-3-7-20(11-18)27-2)25-15-26(22)9-4-5-17-8-10-28-14-17/h3,6-7,11-13,15,17H,4-5,8-10,14H2,1-2H3. The summed E-state index contributed by atoms with van der Waals surface area (Å²) in [5, 5.41) is 0. The normalized spacial score (nSPS) is 16.4. The molecule has 6 nitrogen and oxygen atoms in total. The molecule has 0 radical (unpaired) electrons. The Hall–Kier alpha value is -2.73. The molecule has 1 saturated heterocycles. The average molecular weight is 378 g/mol. The molecule has 0 aliphatic carbocycles. The van der Waals surface area contributed by atoms with Gasteiger partial charge in [-0.2, -0.15) is 0 Å². The van der Waals surface area contributed by atoms with Crippen LogP contribution in [0.15, 0.2) is 43.0 Å². The highest BCUT2D eigenvalue weighted by Crippen LogP contribution is 2.33. The van der Waals surface area contributed by atoms with Gasteiger partial charge in [0, 0.05) is 43.3 Å². The molecular weight excluding hydrogens is 352 g/mol. The maximum Gasteiger partial charge on any atom is 0.125 e. The van der Waals surface area contributed by atoms with Crippen LogP contribution >= 0.6 is 0 Å². The summed E-state index contributed by atoms with van der Waals surface area (Å²) in [6, 6.07) is 8.01. The van der Waals surface area contributed by atoms with Crippen LogP contribution in [-0.2, 0) is 11.3 Å². The molecule has 0 saturated carbocycles. The van der Waals surface area contributed by atoms with Gasteiger partial charge in [-0.05, 0) is 44.2 Å². The third-order valence-electron chi connectivity index (χ3n) is 5.27. The SMILES string of the molecule is COc1cccc(-c2ncn(CCCC3CCOC3)c2-c2cnc(C)nc2)c1. The molecule has 1 atom stereocenters. The molecule has 146 valence electrons. The molecule has 3 heterocycles. The van der Waals surface area contributed by atoms with Gasteiger partial charge in [0.15, 0.2) is 0 Å². The fraction of sp³-hybridized carbons (Fsp3) is 0.409. The number of aromatic nitrogens is 4. The first-order valence-electron chi connectivity index (χ1n) is 9.81. The molecule has 1 aliphatic heterocycles. The topological polar surface area (TPSA) is 62.1 Å². The van der Waals surface area contributed by atoms with Crippen LogP contribution in [0.25, 0.3) is 22.5 Å². The largest absolute Gasteiger partial charge is 0.497 e. The molecule has 3 aromatic rings. The summed E-state index contributed by atoms with van der Waals surface area (Å²) < 4.78 is 13.1. The number of hydrogen-bond acceptors (Lipinski definition) is 5. The van der Waals surface area contributed by atoms with E-state index in [0.29, 0.717) is 5.92 Å². The third kappa shape index (κ3) is 4.07. The summed E-state index contributed by atoms with van der Waals surface area (Å²) in [5.74, 6) is 2.27. The van der Waals surface area contributed by atoms with Crippen LogP contribution in [0.4, 0.5) is 0 Å². The summed E-state index contributed by atoms with van der Waals surface area (Å²) in [6.07, 6.45) is 9.14. The minimum Gasteiger partial charge on any atom is -0.497 e. The number of methoxy groups -OCH3 is 1. The molecule has 0 N–H and O–H groups in total. The molecule has 0 bridgehead atoms. The summed E-state index contributed by atoms with van der Waals surface area (Å²) in [5.41, 5.74) is 3.98. The zero-order valence-corrected chi connectivity index (χ0v) is 16.5. The Morgan fingerprint density at radius 1 is 1.18 bits per heavy atom. The molecule has 1 fully saturated rings. The first-order chi connectivity index (χ1) is 13.7. The highest BCUT2D eigenvalue weighted by Gasteiger charge is 2.18. The molecule has 1 unspecified atom stereocenters. The highest BCUT2D eigenvalue weighted by atomic mass is 16.5. The van der Waals surface area contributed by atoms with Crippen LogP contribution in [0.5, 0.6) is 5.75 Å². The van der Waals surface area contributed by atoms with Crippen LogP contribution < -0.4 is 4.74 Å². The second-order valence-electron chi connectivity index (χ2n) is 7.26. The van der Waals surface area contributed by atoms with Crippen molar-refractivity contribution in [1.29, 1.82) is 0 Å². The van der Waals surface area contributed by atoms with E-state index in [9.17, 15) is 0 Å². The molecule has 6 heteroatoms. The van der Waals surface area contributed by atoms with Crippen molar-refractivity contribution in [3.05, 3.63) is 48.8 Å². The van der Waals surface area contributed by atoms with E-state index in [-0.39, 0.29) is 0 Å². The predicted octanol–water partition coefficient (Wildman–Crippen LogP) is 4.14. The van der Waals surface area contributed by atoms with Crippen molar-refractivity contribution in [3.8, 4) is 28.3 Å². The third-order valence-corrected chi connectivity index (χ3v) is 5.27. The number of imidazole rings is 1. The van der Waals surface area contributed by atoms with Crippen LogP contribution in [-0.4, -0.2) is 39.8 Å². The van der Waals surface area contributed by atoms with Crippen LogP contribution in [0, 0.1) is 12.8 Å². The van der Waals surface area contributed by atoms with Gasteiger partial charge in [0.25, 0.3) is 0 Å². The van der Waals surface area contributed by atoms with Crippen molar-refractivity contribution in [2.24, 2.45) is 5.92 Å². The summed E-state index contributed by atoms with van der Waals surface area (Å²) >= 11 is 0. The molecule has 0 spiro atoms. The number of nitrogens with zero attached hydrogens (tertiary/aromatic N) is 4. The zero-order valence-electron chi connectivity index (χ0n) is 16.5. The molecule has 1 aromatic carbocycles. The number of ether oxygens (including phenoxy) is 2. The van der Waals surface area contributed by atoms with Crippen molar-refractivity contribution < 1.29 is 9.47 Å². The maximum atomic E-state index is 5.50. The molecule has 28 heavy (non-hydrogen) atoms. The van der Waals surface area contributed by atoms with E-state index >= 15 is 0 Å². The van der Waals surface area contributed by atoms with Crippen molar-refractivity contribution in [2.75, 3.05) is 20.3 Å². The number of hydrogen-bond donors (Lipinski definition) is 0. The van der Waals surface area contributed by atoms with E-state index in [1.807, 2.05) is 43.8 Å². The lowest BCUT2D eigenvalue weighted by molar-refractivity contribution is 0.183. The Labute approximate surface area is 165 Å². The van der Waals surface area contributed by atoms with Crippen molar-refractivity contribution in [2.45, 2.75) is 32.7 Å². The van der Waals surface area contributed by atoms with Gasteiger partial charge in [-0.1, -0.05) is 12.1 Å². The second kappa shape index (κ2) is 8.52. The van der Waals surface area contributed by atoms with Crippen LogP contribution in [0.1, 0.15) is 25.1 Å². The van der Waals surface area contributed by atoms with Crippen LogP contribution in [0.3, 0.4) is 0 Å². The predicted molar refractivity (Wildman–Crippen MR) is 108 cm³/mol. The first kappa shape index (κ1) is 18.6. The first-order valence-corrected chi connectivity index (χ1v) is 9.81. The summed E-state index contributed by atoms with van der Waals surface area (Å²) in [7, 11) is 1.68. The molecule has 1 aliphatic rings. The van der Waals surface area contributed by atoms with E-state index < -0.39 is 0 Å². The zero-order chi connectivity index (χ0) is 19.3. The number of aryl methyl sites for hydroxylation is 2. The maximum absolute atomic E-state index is 5.50. The van der Waals surface area contributed by atoms with E-state index in [1.165, 1.54) is 12.8 Å². The smallest absolute Gasteiger partial charge is 0.125 e. The van der Waals surface area contributed by atoms with Gasteiger partial charge in [0.05, 0.1) is 24.8 Å². The van der Waals surface area contributed by atoms with Gasteiger partial charge in [0.1, 0.15) is 11.6 Å². The quantitative estimate of drug-likeness (QED) is 0.618. The molecule has 4 rings (SSSR count). The average Bonchev–Trinajstić information content (AvgIpc) is 3.39. The highest BCUT2D eigenvalue weighted by molar-refractivity contribution is 5.78. The minimum atomic E-state index is 0.688. The van der Waals surface area contributed by atoms with Gasteiger partial charge in [0.2, 0.25) is 0 Å². The number of benzene rings is 1. The van der Waals surface area contributed by atoms with Crippen molar-refractivity contribution in [1.82, 2.24) is 19.5 Å². The van der Waals surface area contributed by atoms with Crippen molar-refractivity contribution >= 4 is 0 Å². The lowest BCUT2D eigenvalue weighted by Gasteiger charge is -2.12. The Kier molecular flexibility index (Phi) is 5.67. The van der Waals surface area contributed by atoms with Gasteiger partial charge in [-0.3, -0.25) is 0 Å². The van der Waals surface area contributed by atoms with Gasteiger partial charge in [-0.25, -0.2) is 15.0 Å². The monoisotopic (exact) mass is 378 g/mol. The van der Waals surface area contributed by atoms with E-state index in [1.54, 1.807) is 7.11 Å². The fourth-order valence-corrected chi connectivity index (χ4v) is 3.71. The van der Waals surface area contributed by atoms with Crippen molar-refractivity contribution in [3.63, 3.8) is 0 Å². The molecule has 2 aromatic heterocycles. The minimum absolute atomic E-state index is 0.688. The van der Waals surface area contributed by atoms with E-state index in [0.717, 1.165) is 60.3 Å². The van der Waals surface area contributed by atoms with E-state index in [2.05, 4.69) is 20.6 Å². The summed E-state index contributed by atoms with van der Waals surface area (Å²) in [4.78, 5) is 13.5. The van der Waals surface area contributed by atoms with Gasteiger partial charge in [-0.15, -0.1) is 0 Å². The lowest BCUT2D eigenvalue weighted by Crippen LogP contribution is -2.05. The Morgan fingerprint density at radius 3 is 2.79 bits per heavy atom. The van der Waals surface area contributed by atoms with Gasteiger partial charge < -0.3 is 14.0 Å². The molecule has 0 amide bonds. The molecular formula is C22H26N4O2. The Bertz CT molecular complexity index is 915. The Morgan fingerprint density at radius 2 is 2.04 bits per heavy atom. The second-order valence-corrected chi connectivity index (χ2v) is 7.26.